The normalized spacial score (nSPS) is 22.9. The highest BCUT2D eigenvalue weighted by Crippen LogP contribution is 2.50. The summed E-state index contributed by atoms with van der Waals surface area (Å²) in [5, 5.41) is 23.7. The zero-order valence-corrected chi connectivity index (χ0v) is 94.7. The number of alkyl carbamates (subject to hydrolysis) is 8. The minimum Gasteiger partial charge on any atom is -0.459 e. The molecule has 4 aliphatic carbocycles. The van der Waals surface area contributed by atoms with Gasteiger partial charge in [-0.25, -0.2) is 52.7 Å². The van der Waals surface area contributed by atoms with Crippen molar-refractivity contribution in [3.05, 3.63) is 25.3 Å². The predicted molar refractivity (Wildman–Crippen MR) is 540 cm³/mol. The van der Waals surface area contributed by atoms with Crippen LogP contribution < -0.4 is 42.5 Å². The smallest absolute Gasteiger partial charge is 0.459 e. The highest BCUT2D eigenvalue weighted by Gasteiger charge is 2.49. The molecule has 10 atom stereocenters. The van der Waals surface area contributed by atoms with Gasteiger partial charge in [0.1, 0.15) is 39.6 Å². The molecule has 0 aromatic rings. The van der Waals surface area contributed by atoms with Gasteiger partial charge in [-0.15, -0.1) is 0 Å². The zero-order valence-electron chi connectivity index (χ0n) is 88.7. The fraction of sp³-hybridized carbons (Fsp3) is 0.842. The summed E-state index contributed by atoms with van der Waals surface area (Å²) in [5.41, 5.74) is -2.75. The summed E-state index contributed by atoms with van der Waals surface area (Å²) in [7, 11) is -13.0. The van der Waals surface area contributed by atoms with Crippen LogP contribution >= 0.6 is 0 Å². The fourth-order valence-electron chi connectivity index (χ4n) is 20.9. The Kier molecular flexibility index (Phi) is 50.2. The topological polar surface area (TPSA) is 450 Å². The van der Waals surface area contributed by atoms with Crippen LogP contribution in [-0.4, -0.2) is 272 Å². The van der Waals surface area contributed by atoms with Gasteiger partial charge in [0.2, 0.25) is 0 Å². The standard InChI is InChI=1S/C95H178N8O29Si6/c1-29-77(104)117-45-47-121-83(110)100-71-51-88(3,4)64-93(12,55-71)69-98-81(108)125-61-76(60-116-40-38-50-138(28,131-135(21,22)23)132-136(24,25)26)128-86(113)103-74-54-91(9,10)65-94(13,58-74)68-97-80(107)120-42-34-32-36-44-124-87(114)123-43-35-31-33-41-119-79(106)96-67-92(11)57-73(53-90(7,8)63-92)102-85(112)126-62-75(59-115-39-37-49-137(27,129-133(15,16)17)130-134(18,19)20)127-82(109)99-70-95(14)56-72(52-89(5,6)66-95)101-84(111)122-48-46-118-78(105)30-2/h29-30,71-76H,1-2,31-70H2,3-28H3,(H,96,106)(H,97,107)(H,98,108)(H,99,109)(H,100,110)(H,101,111)(H,102,112)(H,103,113). The number of ether oxygens (including phenoxy) is 14. The molecule has 0 saturated heterocycles. The first-order valence-electron chi connectivity index (χ1n) is 49.5. The summed E-state index contributed by atoms with van der Waals surface area (Å²) in [6.07, 6.45) is 6.13. The van der Waals surface area contributed by atoms with Crippen LogP contribution in [0.25, 0.3) is 0 Å². The highest BCUT2D eigenvalue weighted by molar-refractivity contribution is 6.88. The average Bonchev–Trinajstić information content (AvgIpc) is 0.803. The van der Waals surface area contributed by atoms with Crippen molar-refractivity contribution in [2.24, 2.45) is 43.3 Å². The lowest BCUT2D eigenvalue weighted by Crippen LogP contribution is -2.52. The van der Waals surface area contributed by atoms with Gasteiger partial charge in [0, 0.05) is 75.7 Å². The quantitative estimate of drug-likeness (QED) is 0.00921. The Morgan fingerprint density at radius 3 is 0.848 bits per heavy atom. The van der Waals surface area contributed by atoms with Gasteiger partial charge in [0.25, 0.3) is 0 Å². The number of carbonyl (C=O) groups excluding carboxylic acids is 11. The maximum absolute atomic E-state index is 14.0. The Balaban J connectivity index is 1.18. The Morgan fingerprint density at radius 1 is 0.290 bits per heavy atom. The van der Waals surface area contributed by atoms with Crippen molar-refractivity contribution in [3.63, 3.8) is 0 Å². The monoisotopic (exact) mass is 2060 g/mol. The number of amides is 8. The van der Waals surface area contributed by atoms with Crippen molar-refractivity contribution in [3.8, 4) is 0 Å². The number of carbonyl (C=O) groups is 11. The Labute approximate surface area is 829 Å². The van der Waals surface area contributed by atoms with E-state index in [2.05, 4.69) is 217 Å². The van der Waals surface area contributed by atoms with Crippen LogP contribution in [0.1, 0.15) is 212 Å². The minimum absolute atomic E-state index is 0.0673. The number of nitrogens with one attached hydrogen (secondary N) is 8. The van der Waals surface area contributed by atoms with Gasteiger partial charge >= 0.3 is 84.0 Å². The third-order valence-electron chi connectivity index (χ3n) is 23.5. The molecule has 4 aliphatic rings. The number of esters is 2. The van der Waals surface area contributed by atoms with Gasteiger partial charge < -0.3 is 125 Å². The predicted octanol–water partition coefficient (Wildman–Crippen LogP) is 18.2. The molecule has 796 valence electrons. The maximum atomic E-state index is 14.0. The Bertz CT molecular complexity index is 3830. The van der Waals surface area contributed by atoms with Crippen molar-refractivity contribution in [2.45, 2.75) is 352 Å². The number of hydrogen-bond donors (Lipinski definition) is 8. The third-order valence-corrected chi connectivity index (χ3v) is 42.8. The third kappa shape index (κ3) is 55.5. The molecule has 0 spiro atoms. The molecule has 37 nitrogen and oxygen atoms in total. The molecular formula is C95H178N8O29Si6. The van der Waals surface area contributed by atoms with E-state index in [1.807, 2.05) is 13.8 Å². The molecule has 0 heterocycles. The first kappa shape index (κ1) is 123. The summed E-state index contributed by atoms with van der Waals surface area (Å²) in [6, 6.07) is 0.167. The van der Waals surface area contributed by atoms with Crippen molar-refractivity contribution in [1.82, 2.24) is 42.5 Å². The lowest BCUT2D eigenvalue weighted by molar-refractivity contribution is -0.139. The number of rotatable bonds is 58. The fourth-order valence-corrected chi connectivity index (χ4v) is 45.9. The van der Waals surface area contributed by atoms with E-state index in [4.69, 9.17) is 82.8 Å². The lowest BCUT2D eigenvalue weighted by Gasteiger charge is -2.46. The van der Waals surface area contributed by atoms with Crippen LogP contribution in [0.5, 0.6) is 0 Å². The van der Waals surface area contributed by atoms with E-state index in [-0.39, 0.29) is 151 Å². The molecule has 4 saturated carbocycles. The lowest BCUT2D eigenvalue weighted by atomic mass is 9.62. The van der Waals surface area contributed by atoms with Crippen molar-refractivity contribution >= 4 is 117 Å². The molecule has 10 unspecified atom stereocenters. The molecule has 4 rings (SSSR count). The van der Waals surface area contributed by atoms with E-state index in [0.29, 0.717) is 128 Å². The van der Waals surface area contributed by atoms with Gasteiger partial charge in [0.15, 0.2) is 45.5 Å². The van der Waals surface area contributed by atoms with Crippen LogP contribution in [0.2, 0.25) is 104 Å². The van der Waals surface area contributed by atoms with Gasteiger partial charge in [-0.1, -0.05) is 96.2 Å². The van der Waals surface area contributed by atoms with E-state index in [0.717, 1.165) is 37.8 Å². The molecule has 138 heavy (non-hydrogen) atoms. The molecule has 0 aromatic heterocycles. The van der Waals surface area contributed by atoms with Crippen LogP contribution in [0.3, 0.4) is 0 Å². The molecule has 0 bridgehead atoms. The van der Waals surface area contributed by atoms with Crippen LogP contribution in [-0.2, 0) is 92.4 Å². The highest BCUT2D eigenvalue weighted by atomic mass is 28.5. The molecule has 0 aromatic carbocycles. The summed E-state index contributed by atoms with van der Waals surface area (Å²) >= 11 is 0. The number of unbranched alkanes of at least 4 members (excludes halogenated alkanes) is 4. The van der Waals surface area contributed by atoms with Crippen LogP contribution in [0.4, 0.5) is 43.2 Å². The summed E-state index contributed by atoms with van der Waals surface area (Å²) in [5.74, 6) is -1.24. The maximum Gasteiger partial charge on any atom is 0.508 e. The summed E-state index contributed by atoms with van der Waals surface area (Å²) in [4.78, 5) is 142. The van der Waals surface area contributed by atoms with E-state index in [1.165, 1.54) is 0 Å². The Morgan fingerprint density at radius 2 is 0.543 bits per heavy atom. The van der Waals surface area contributed by atoms with Gasteiger partial charge in [0.05, 0.1) is 39.6 Å². The minimum atomic E-state index is -2.57. The van der Waals surface area contributed by atoms with Gasteiger partial charge in [-0.2, -0.15) is 0 Å². The van der Waals surface area contributed by atoms with Crippen molar-refractivity contribution in [1.29, 1.82) is 0 Å². The molecule has 8 amide bonds. The molecule has 4 fully saturated rings. The van der Waals surface area contributed by atoms with E-state index < -0.39 is 151 Å². The average molecular weight is 2070 g/mol. The summed E-state index contributed by atoms with van der Waals surface area (Å²) in [6.45, 7) is 62.7. The second-order valence-corrected chi connectivity index (χ2v) is 72.8. The largest absolute Gasteiger partial charge is 0.508 e. The van der Waals surface area contributed by atoms with Crippen LogP contribution in [0.15, 0.2) is 25.3 Å². The number of hydrogen-bond acceptors (Lipinski definition) is 29. The molecule has 43 heteroatoms. The second-order valence-electron chi connectivity index (χ2n) is 47.1. The first-order valence-corrected chi connectivity index (χ1v) is 68.2. The van der Waals surface area contributed by atoms with E-state index >= 15 is 0 Å². The van der Waals surface area contributed by atoms with Crippen LogP contribution in [0, 0.1) is 43.3 Å². The second kappa shape index (κ2) is 56.2. The van der Waals surface area contributed by atoms with E-state index in [9.17, 15) is 52.7 Å². The Hall–Kier alpha value is -7.09. The molecule has 8 N–H and O–H groups in total. The molecular weight excluding hydrogens is 1890 g/mol. The van der Waals surface area contributed by atoms with Crippen molar-refractivity contribution < 1.29 is 136 Å². The SMILES string of the molecule is C=CC(=O)OCCOC(=O)NC1CC(C)(C)CC(C)(CNC(=O)OCC(COCCC[Si](C)(O[Si](C)(C)C)O[Si](C)(C)C)OC(=O)NC2CC(C)(C)CC(C)(CNC(=O)OCCCCCOC(=O)OCCCCCOC(=O)NCC3(C)CC(NC(=O)OCC(COCCC[Si](C)(O[Si](C)(C)C)O[Si](C)(C)C)OC(=O)NCC4(C)CC(NC(=O)OCCOC(=O)C=C)CC(C)(C)C4)CC(C)(C)C3)C2)C1. The summed E-state index contributed by atoms with van der Waals surface area (Å²) < 4.78 is 105. The molecule has 0 radical (unpaired) electrons. The molecule has 0 aliphatic heterocycles. The zero-order chi connectivity index (χ0) is 104. The van der Waals surface area contributed by atoms with Crippen molar-refractivity contribution in [2.75, 3.05) is 119 Å². The van der Waals surface area contributed by atoms with Gasteiger partial charge in [-0.05, 0) is 275 Å². The van der Waals surface area contributed by atoms with Gasteiger partial charge in [-0.3, -0.25) is 0 Å². The van der Waals surface area contributed by atoms with E-state index in [1.54, 1.807) is 0 Å². The first-order chi connectivity index (χ1) is 63.7.